The summed E-state index contributed by atoms with van der Waals surface area (Å²) < 4.78 is 35.6. The molecule has 0 N–H and O–H groups in total. The molecule has 4 nitrogen and oxygen atoms in total. The molecule has 0 bridgehead atoms. The zero-order valence-corrected chi connectivity index (χ0v) is 9.25. The average molecular weight is 244 g/mol. The van der Waals surface area contributed by atoms with E-state index in [2.05, 4.69) is 9.47 Å². The van der Waals surface area contributed by atoms with Gasteiger partial charge in [0.1, 0.15) is 17.4 Å². The topological polar surface area (TPSA) is 52.6 Å². The second-order valence-electron chi connectivity index (χ2n) is 3.16. The predicted molar refractivity (Wildman–Crippen MR) is 53.6 cm³/mol. The van der Waals surface area contributed by atoms with Crippen LogP contribution in [-0.2, 0) is 20.7 Å². The van der Waals surface area contributed by atoms with E-state index < -0.39 is 35.4 Å². The van der Waals surface area contributed by atoms with E-state index >= 15 is 0 Å². The summed E-state index contributed by atoms with van der Waals surface area (Å²) in [6.07, 6.45) is -0.686. The normalized spacial score (nSPS) is 9.88. The Balaban J connectivity index is 2.99. The van der Waals surface area contributed by atoms with E-state index in [1.807, 2.05) is 0 Å². The zero-order valence-electron chi connectivity index (χ0n) is 9.25. The third-order valence-electron chi connectivity index (χ3n) is 2.10. The van der Waals surface area contributed by atoms with Gasteiger partial charge in [0.2, 0.25) is 5.78 Å². The lowest BCUT2D eigenvalue weighted by Crippen LogP contribution is -2.19. The highest BCUT2D eigenvalue weighted by Crippen LogP contribution is 2.21. The monoisotopic (exact) mass is 244 g/mol. The van der Waals surface area contributed by atoms with Crippen molar-refractivity contribution in [3.8, 4) is 5.75 Å². The first kappa shape index (κ1) is 13.1. The van der Waals surface area contributed by atoms with Gasteiger partial charge in [0.05, 0.1) is 14.2 Å². The van der Waals surface area contributed by atoms with E-state index in [1.54, 1.807) is 0 Å². The van der Waals surface area contributed by atoms with Crippen LogP contribution in [0.5, 0.6) is 5.75 Å². The van der Waals surface area contributed by atoms with E-state index in [1.165, 1.54) is 7.11 Å². The fourth-order valence-electron chi connectivity index (χ4n) is 1.21. The number of benzene rings is 1. The van der Waals surface area contributed by atoms with Crippen LogP contribution in [0.1, 0.15) is 5.56 Å². The van der Waals surface area contributed by atoms with Gasteiger partial charge in [0.15, 0.2) is 0 Å². The Hall–Kier alpha value is -1.98. The number of methoxy groups -OCH3 is 2. The van der Waals surface area contributed by atoms with Gasteiger partial charge in [-0.1, -0.05) is 0 Å². The van der Waals surface area contributed by atoms with Gasteiger partial charge < -0.3 is 9.47 Å². The number of ketones is 1. The summed E-state index contributed by atoms with van der Waals surface area (Å²) in [5, 5.41) is 0. The van der Waals surface area contributed by atoms with Crippen molar-refractivity contribution < 1.29 is 27.8 Å². The fourth-order valence-corrected chi connectivity index (χ4v) is 1.21. The maximum atomic E-state index is 13.4. The standard InChI is InChI=1S/C11H10F2O4/c1-16-6-3-8(12)7(9(13)4-6)5-10(14)11(15)17-2/h3-4H,5H2,1-2H3. The van der Waals surface area contributed by atoms with Crippen molar-refractivity contribution in [2.45, 2.75) is 6.42 Å². The molecule has 0 radical (unpaired) electrons. The number of hydrogen-bond acceptors (Lipinski definition) is 4. The number of ether oxygens (including phenoxy) is 2. The lowest BCUT2D eigenvalue weighted by atomic mass is 10.1. The van der Waals surface area contributed by atoms with E-state index in [-0.39, 0.29) is 5.75 Å². The van der Waals surface area contributed by atoms with Gasteiger partial charge in [-0.15, -0.1) is 0 Å². The molecule has 0 aliphatic carbocycles. The number of Topliss-reactive ketones (excluding diaryl/α,β-unsaturated/α-hetero) is 1. The SMILES string of the molecule is COC(=O)C(=O)Cc1c(F)cc(OC)cc1F. The second-order valence-corrected chi connectivity index (χ2v) is 3.16. The third kappa shape index (κ3) is 2.99. The number of hydrogen-bond donors (Lipinski definition) is 0. The Kier molecular flexibility index (Phi) is 4.14. The molecule has 0 aliphatic heterocycles. The average Bonchev–Trinajstić information content (AvgIpc) is 2.31. The number of halogens is 2. The van der Waals surface area contributed by atoms with Crippen molar-refractivity contribution in [3.05, 3.63) is 29.3 Å². The first-order valence-electron chi connectivity index (χ1n) is 4.62. The molecular weight excluding hydrogens is 234 g/mol. The van der Waals surface area contributed by atoms with Gasteiger partial charge >= 0.3 is 5.97 Å². The number of esters is 1. The number of rotatable bonds is 4. The molecule has 0 atom stereocenters. The Morgan fingerprint density at radius 3 is 2.12 bits per heavy atom. The highest BCUT2D eigenvalue weighted by Gasteiger charge is 2.20. The maximum Gasteiger partial charge on any atom is 0.374 e. The molecule has 1 aromatic rings. The third-order valence-corrected chi connectivity index (χ3v) is 2.10. The van der Waals surface area contributed by atoms with Crippen LogP contribution in [0, 0.1) is 11.6 Å². The molecule has 0 saturated carbocycles. The van der Waals surface area contributed by atoms with Gasteiger partial charge in [-0.05, 0) is 0 Å². The Morgan fingerprint density at radius 1 is 1.18 bits per heavy atom. The first-order chi connectivity index (χ1) is 7.99. The van der Waals surface area contributed by atoms with E-state index in [9.17, 15) is 18.4 Å². The van der Waals surface area contributed by atoms with Crippen molar-refractivity contribution in [1.29, 1.82) is 0 Å². The van der Waals surface area contributed by atoms with Crippen molar-refractivity contribution in [2.24, 2.45) is 0 Å². The summed E-state index contributed by atoms with van der Waals surface area (Å²) in [5.74, 6) is -4.05. The number of carbonyl (C=O) groups is 2. The summed E-state index contributed by atoms with van der Waals surface area (Å²) in [6.45, 7) is 0. The van der Waals surface area contributed by atoms with Crippen LogP contribution in [-0.4, -0.2) is 26.0 Å². The molecule has 0 saturated heterocycles. The molecule has 0 heterocycles. The minimum absolute atomic E-state index is 0.00531. The van der Waals surface area contributed by atoms with Crippen molar-refractivity contribution >= 4 is 11.8 Å². The van der Waals surface area contributed by atoms with E-state index in [0.29, 0.717) is 0 Å². The summed E-state index contributed by atoms with van der Waals surface area (Å²) in [5.41, 5.74) is -0.485. The van der Waals surface area contributed by atoms with Crippen molar-refractivity contribution in [3.63, 3.8) is 0 Å². The van der Waals surface area contributed by atoms with Crippen LogP contribution in [0.2, 0.25) is 0 Å². The molecule has 0 aliphatic rings. The molecule has 92 valence electrons. The molecule has 0 amide bonds. The van der Waals surface area contributed by atoms with Crippen LogP contribution in [0.4, 0.5) is 8.78 Å². The highest BCUT2D eigenvalue weighted by atomic mass is 19.1. The smallest absolute Gasteiger partial charge is 0.374 e. The van der Waals surface area contributed by atoms with E-state index in [4.69, 9.17) is 0 Å². The van der Waals surface area contributed by atoms with E-state index in [0.717, 1.165) is 19.2 Å². The summed E-state index contributed by atoms with van der Waals surface area (Å²) in [4.78, 5) is 22.0. The lowest BCUT2D eigenvalue weighted by molar-refractivity contribution is -0.151. The van der Waals surface area contributed by atoms with Gasteiger partial charge in [0.25, 0.3) is 0 Å². The van der Waals surface area contributed by atoms with Crippen molar-refractivity contribution in [1.82, 2.24) is 0 Å². The molecule has 0 spiro atoms. The molecule has 0 unspecified atom stereocenters. The molecule has 1 aromatic carbocycles. The summed E-state index contributed by atoms with van der Waals surface area (Å²) in [6, 6.07) is 1.87. The number of carbonyl (C=O) groups excluding carboxylic acids is 2. The van der Waals surface area contributed by atoms with Crippen LogP contribution < -0.4 is 4.74 Å². The van der Waals surface area contributed by atoms with Gasteiger partial charge in [-0.2, -0.15) is 0 Å². The lowest BCUT2D eigenvalue weighted by Gasteiger charge is -2.06. The fraction of sp³-hybridized carbons (Fsp3) is 0.273. The zero-order chi connectivity index (χ0) is 13.0. The molecule has 17 heavy (non-hydrogen) atoms. The molecule has 0 fully saturated rings. The quantitative estimate of drug-likeness (QED) is 0.591. The molecule has 6 heteroatoms. The van der Waals surface area contributed by atoms with Crippen LogP contribution in [0.3, 0.4) is 0 Å². The minimum Gasteiger partial charge on any atom is -0.497 e. The molecular formula is C11H10F2O4. The van der Waals surface area contributed by atoms with Gasteiger partial charge in [0, 0.05) is 24.1 Å². The first-order valence-corrected chi connectivity index (χ1v) is 4.62. The minimum atomic E-state index is -1.14. The Bertz CT molecular complexity index is 434. The van der Waals surface area contributed by atoms with Gasteiger partial charge in [-0.25, -0.2) is 13.6 Å². The van der Waals surface area contributed by atoms with Crippen LogP contribution in [0.25, 0.3) is 0 Å². The Morgan fingerprint density at radius 2 is 1.71 bits per heavy atom. The highest BCUT2D eigenvalue weighted by molar-refractivity contribution is 6.34. The van der Waals surface area contributed by atoms with Gasteiger partial charge in [-0.3, -0.25) is 4.79 Å². The summed E-state index contributed by atoms with van der Waals surface area (Å²) in [7, 11) is 2.27. The molecule has 1 rings (SSSR count). The van der Waals surface area contributed by atoms with Crippen LogP contribution in [0.15, 0.2) is 12.1 Å². The second kappa shape index (κ2) is 5.38. The molecule has 0 aromatic heterocycles. The predicted octanol–water partition coefficient (Wildman–Crippen LogP) is 1.26. The summed E-state index contributed by atoms with van der Waals surface area (Å²) >= 11 is 0. The largest absolute Gasteiger partial charge is 0.497 e. The maximum absolute atomic E-state index is 13.4. The Labute approximate surface area is 96.1 Å². The van der Waals surface area contributed by atoms with Crippen LogP contribution >= 0.6 is 0 Å². The van der Waals surface area contributed by atoms with Crippen molar-refractivity contribution in [2.75, 3.05) is 14.2 Å².